The minimum absolute atomic E-state index is 0.252. The molecule has 0 aromatic carbocycles. The highest BCUT2D eigenvalue weighted by atomic mass is 35.5. The fourth-order valence-corrected chi connectivity index (χ4v) is 2.37. The summed E-state index contributed by atoms with van der Waals surface area (Å²) in [5, 5.41) is 0.527. The SMILES string of the molecule is O=C1CC(c2c(Cl)nc3ccccn23)C1. The third kappa shape index (κ3) is 1.27. The van der Waals surface area contributed by atoms with E-state index in [0.717, 1.165) is 11.3 Å². The number of carbonyl (C=O) groups excluding carboxylic acids is 1. The molecule has 2 aromatic heterocycles. The molecule has 2 aromatic rings. The van der Waals surface area contributed by atoms with Crippen LogP contribution in [0.5, 0.6) is 0 Å². The highest BCUT2D eigenvalue weighted by Gasteiger charge is 2.32. The third-order valence-electron chi connectivity index (χ3n) is 2.86. The van der Waals surface area contributed by atoms with E-state index in [4.69, 9.17) is 11.6 Å². The Hall–Kier alpha value is -1.35. The smallest absolute Gasteiger partial charge is 0.151 e. The standard InChI is InChI=1S/C11H9ClN2O/c12-11-10(7-5-8(15)6-7)14-4-2-1-3-9(14)13-11/h1-4,7H,5-6H2. The molecule has 1 aliphatic rings. The highest BCUT2D eigenvalue weighted by Crippen LogP contribution is 2.37. The molecule has 76 valence electrons. The van der Waals surface area contributed by atoms with Gasteiger partial charge in [-0.1, -0.05) is 17.7 Å². The van der Waals surface area contributed by atoms with E-state index in [2.05, 4.69) is 4.98 Å². The van der Waals surface area contributed by atoms with Gasteiger partial charge in [-0.2, -0.15) is 0 Å². The number of hydrogen-bond donors (Lipinski definition) is 0. The first-order valence-electron chi connectivity index (χ1n) is 4.90. The molecule has 4 heteroatoms. The summed E-state index contributed by atoms with van der Waals surface area (Å²) in [5.41, 5.74) is 1.82. The molecule has 3 nitrogen and oxygen atoms in total. The summed E-state index contributed by atoms with van der Waals surface area (Å²) in [7, 11) is 0. The van der Waals surface area contributed by atoms with Crippen molar-refractivity contribution in [2.24, 2.45) is 0 Å². The number of hydrogen-bond acceptors (Lipinski definition) is 2. The van der Waals surface area contributed by atoms with Gasteiger partial charge in [0.05, 0.1) is 5.69 Å². The van der Waals surface area contributed by atoms with E-state index in [1.165, 1.54) is 0 Å². The van der Waals surface area contributed by atoms with E-state index in [-0.39, 0.29) is 5.92 Å². The second-order valence-corrected chi connectivity index (χ2v) is 4.22. The molecule has 0 atom stereocenters. The summed E-state index contributed by atoms with van der Waals surface area (Å²) in [6.07, 6.45) is 3.14. The Bertz CT molecular complexity index is 539. The number of halogens is 1. The van der Waals surface area contributed by atoms with Crippen LogP contribution in [0.25, 0.3) is 5.65 Å². The summed E-state index contributed by atoms with van der Waals surface area (Å²) in [4.78, 5) is 15.2. The van der Waals surface area contributed by atoms with Gasteiger partial charge in [0.2, 0.25) is 0 Å². The van der Waals surface area contributed by atoms with Crippen LogP contribution in [0.4, 0.5) is 0 Å². The monoisotopic (exact) mass is 220 g/mol. The maximum Gasteiger partial charge on any atom is 0.151 e. The summed E-state index contributed by atoms with van der Waals surface area (Å²) >= 11 is 6.08. The molecule has 1 fully saturated rings. The zero-order chi connectivity index (χ0) is 10.4. The number of Topliss-reactive ketones (excluding diaryl/α,β-unsaturated/α-hetero) is 1. The maximum absolute atomic E-state index is 11.0. The highest BCUT2D eigenvalue weighted by molar-refractivity contribution is 6.30. The Kier molecular flexibility index (Phi) is 1.83. The molecular formula is C11H9ClN2O. The number of ketones is 1. The number of imidazole rings is 1. The van der Waals surface area contributed by atoms with Crippen molar-refractivity contribution in [1.82, 2.24) is 9.38 Å². The molecule has 0 bridgehead atoms. The lowest BCUT2D eigenvalue weighted by Gasteiger charge is -2.23. The lowest BCUT2D eigenvalue weighted by Crippen LogP contribution is -2.22. The summed E-state index contributed by atoms with van der Waals surface area (Å²) in [6.45, 7) is 0. The summed E-state index contributed by atoms with van der Waals surface area (Å²) in [6, 6.07) is 5.78. The van der Waals surface area contributed by atoms with Crippen molar-refractivity contribution in [2.45, 2.75) is 18.8 Å². The van der Waals surface area contributed by atoms with Gasteiger partial charge in [0.15, 0.2) is 5.15 Å². The predicted molar refractivity (Wildman–Crippen MR) is 57.2 cm³/mol. The zero-order valence-corrected chi connectivity index (χ0v) is 8.74. The van der Waals surface area contributed by atoms with Crippen LogP contribution < -0.4 is 0 Å². The number of aromatic nitrogens is 2. The van der Waals surface area contributed by atoms with Crippen molar-refractivity contribution >= 4 is 23.0 Å². The summed E-state index contributed by atoms with van der Waals surface area (Å²) < 4.78 is 1.97. The maximum atomic E-state index is 11.0. The number of fused-ring (bicyclic) bond motifs is 1. The molecule has 0 radical (unpaired) electrons. The van der Waals surface area contributed by atoms with Crippen LogP contribution in [-0.4, -0.2) is 15.2 Å². The van der Waals surface area contributed by atoms with Crippen molar-refractivity contribution in [3.63, 3.8) is 0 Å². The van der Waals surface area contributed by atoms with Gasteiger partial charge < -0.3 is 4.40 Å². The first-order valence-corrected chi connectivity index (χ1v) is 5.27. The van der Waals surface area contributed by atoms with Gasteiger partial charge in [-0.25, -0.2) is 4.98 Å². The lowest BCUT2D eigenvalue weighted by molar-refractivity contribution is -0.124. The van der Waals surface area contributed by atoms with E-state index in [0.29, 0.717) is 23.8 Å². The van der Waals surface area contributed by atoms with Gasteiger partial charge in [0.25, 0.3) is 0 Å². The topological polar surface area (TPSA) is 34.4 Å². The molecule has 2 heterocycles. The van der Waals surface area contributed by atoms with E-state index in [1.54, 1.807) is 0 Å². The summed E-state index contributed by atoms with van der Waals surface area (Å²) in [5.74, 6) is 0.560. The van der Waals surface area contributed by atoms with E-state index >= 15 is 0 Å². The number of rotatable bonds is 1. The van der Waals surface area contributed by atoms with Crippen LogP contribution in [0.1, 0.15) is 24.5 Å². The Morgan fingerprint density at radius 1 is 1.40 bits per heavy atom. The van der Waals surface area contributed by atoms with Gasteiger partial charge in [0.1, 0.15) is 11.4 Å². The lowest BCUT2D eigenvalue weighted by atomic mass is 9.82. The van der Waals surface area contributed by atoms with E-state index in [1.807, 2.05) is 28.8 Å². The van der Waals surface area contributed by atoms with E-state index in [9.17, 15) is 4.79 Å². The van der Waals surface area contributed by atoms with Crippen molar-refractivity contribution in [2.75, 3.05) is 0 Å². The quantitative estimate of drug-likeness (QED) is 0.740. The van der Waals surface area contributed by atoms with Crippen LogP contribution in [0.2, 0.25) is 5.15 Å². The Morgan fingerprint density at radius 3 is 2.93 bits per heavy atom. The van der Waals surface area contributed by atoms with Crippen molar-refractivity contribution < 1.29 is 4.79 Å². The molecule has 0 saturated heterocycles. The van der Waals surface area contributed by atoms with E-state index < -0.39 is 0 Å². The normalized spacial score (nSPS) is 17.0. The first kappa shape index (κ1) is 8.92. The van der Waals surface area contributed by atoms with Crippen molar-refractivity contribution in [1.29, 1.82) is 0 Å². The zero-order valence-electron chi connectivity index (χ0n) is 7.98. The molecule has 0 N–H and O–H groups in total. The van der Waals surface area contributed by atoms with Gasteiger partial charge >= 0.3 is 0 Å². The molecule has 0 amide bonds. The number of pyridine rings is 1. The second kappa shape index (κ2) is 3.07. The Labute approximate surface area is 91.7 Å². The first-order chi connectivity index (χ1) is 7.25. The predicted octanol–water partition coefficient (Wildman–Crippen LogP) is 2.43. The van der Waals surface area contributed by atoms with Gasteiger partial charge in [-0.3, -0.25) is 4.79 Å². The van der Waals surface area contributed by atoms with Gasteiger partial charge in [-0.15, -0.1) is 0 Å². The molecule has 1 aliphatic carbocycles. The van der Waals surface area contributed by atoms with Crippen LogP contribution in [-0.2, 0) is 4.79 Å². The van der Waals surface area contributed by atoms with Gasteiger partial charge in [0, 0.05) is 25.0 Å². The fraction of sp³-hybridized carbons (Fsp3) is 0.273. The van der Waals surface area contributed by atoms with Crippen molar-refractivity contribution in [3.8, 4) is 0 Å². The third-order valence-corrected chi connectivity index (χ3v) is 3.13. The number of carbonyl (C=O) groups is 1. The average molecular weight is 221 g/mol. The Balaban J connectivity index is 2.16. The van der Waals surface area contributed by atoms with Crippen molar-refractivity contribution in [3.05, 3.63) is 35.2 Å². The van der Waals surface area contributed by atoms with Crippen LogP contribution >= 0.6 is 11.6 Å². The van der Waals surface area contributed by atoms with Gasteiger partial charge in [-0.05, 0) is 12.1 Å². The van der Waals surface area contributed by atoms with Crippen LogP contribution in [0.15, 0.2) is 24.4 Å². The minimum atomic E-state index is 0.252. The molecule has 0 spiro atoms. The molecule has 0 unspecified atom stereocenters. The molecule has 3 rings (SSSR count). The largest absolute Gasteiger partial charge is 0.302 e. The van der Waals surface area contributed by atoms with Crippen LogP contribution in [0.3, 0.4) is 0 Å². The average Bonchev–Trinajstić information content (AvgIpc) is 2.49. The fourth-order valence-electron chi connectivity index (χ4n) is 2.03. The number of nitrogens with zero attached hydrogens (tertiary/aromatic N) is 2. The minimum Gasteiger partial charge on any atom is -0.302 e. The van der Waals surface area contributed by atoms with Crippen LogP contribution in [0, 0.1) is 0 Å². The molecule has 0 aliphatic heterocycles. The molecule has 1 saturated carbocycles. The Morgan fingerprint density at radius 2 is 2.20 bits per heavy atom. The molecular weight excluding hydrogens is 212 g/mol. The molecule has 15 heavy (non-hydrogen) atoms. The second-order valence-electron chi connectivity index (χ2n) is 3.86.